The number of hydrogen-bond donors (Lipinski definition) is 5. The first-order chi connectivity index (χ1) is 19.6. The minimum atomic E-state index is -4.17. The molecule has 0 saturated heterocycles. The van der Waals surface area contributed by atoms with Gasteiger partial charge in [0, 0.05) is 12.1 Å². The minimum Gasteiger partial charge on any atom is -0.771 e. The highest BCUT2D eigenvalue weighted by atomic mass is 32.2. The molecule has 7 N–H and O–H groups in total. The molecule has 0 aromatic carbocycles. The number of alkyl halides is 6. The predicted molar refractivity (Wildman–Crippen MR) is 157 cm³/mol. The number of halogens is 6. The molecule has 12 nitrogen and oxygen atoms in total. The van der Waals surface area contributed by atoms with Crippen LogP contribution >= 0.6 is 0 Å². The Morgan fingerprint density at radius 3 is 1.00 bits per heavy atom. The smallest absolute Gasteiger partial charge is 0.379 e. The average Bonchev–Trinajstić information content (AvgIpc) is 2.83. The molecule has 0 rings (SSSR count). The Labute approximate surface area is 257 Å². The van der Waals surface area contributed by atoms with Gasteiger partial charge in [0.15, 0.2) is 0 Å². The summed E-state index contributed by atoms with van der Waals surface area (Å²) in [6.07, 6.45) is 4.83. The van der Waals surface area contributed by atoms with E-state index in [4.69, 9.17) is 29.6 Å². The molecular formula is C22H51F6N5O7S3-2. The Hall–Kier alpha value is -0.490. The van der Waals surface area contributed by atoms with Crippen LogP contribution in [0.15, 0.2) is 0 Å². The van der Waals surface area contributed by atoms with Crippen molar-refractivity contribution >= 4 is 32.5 Å². The number of rotatable bonds is 16. The molecule has 0 heterocycles. The molecule has 0 aromatic heterocycles. The molecule has 6 unspecified atom stereocenters. The summed E-state index contributed by atoms with van der Waals surface area (Å²) in [7, 11) is -4.17. The van der Waals surface area contributed by atoms with Crippen molar-refractivity contribution in [2.75, 3.05) is 26.2 Å². The van der Waals surface area contributed by atoms with E-state index in [1.165, 1.54) is 0 Å². The first-order valence-corrected chi connectivity index (χ1v) is 17.1. The molecule has 21 heteroatoms. The van der Waals surface area contributed by atoms with Crippen LogP contribution in [-0.4, -0.2) is 103 Å². The van der Waals surface area contributed by atoms with E-state index in [-0.39, 0.29) is 12.1 Å². The average molecular weight is 708 g/mol. The van der Waals surface area contributed by atoms with Crippen LogP contribution in [-0.2, 0) is 32.5 Å². The van der Waals surface area contributed by atoms with Crippen LogP contribution in [0.1, 0.15) is 80.1 Å². The highest BCUT2D eigenvalue weighted by Crippen LogP contribution is 2.13. The lowest BCUT2D eigenvalue weighted by molar-refractivity contribution is 0.00734. The number of nitrogens with zero attached hydrogens (tertiary/aromatic N) is 2. The van der Waals surface area contributed by atoms with Crippen LogP contribution in [0.4, 0.5) is 26.3 Å². The Bertz CT molecular complexity index is 702. The van der Waals surface area contributed by atoms with Crippen LogP contribution in [0, 0.1) is 4.78 Å². The largest absolute Gasteiger partial charge is 0.771 e. The molecule has 0 aliphatic carbocycles. The van der Waals surface area contributed by atoms with Gasteiger partial charge in [-0.05, 0) is 74.0 Å². The van der Waals surface area contributed by atoms with Crippen molar-refractivity contribution in [2.45, 2.75) is 116 Å². The summed E-state index contributed by atoms with van der Waals surface area (Å²) in [5.41, 5.74) is 11.7. The van der Waals surface area contributed by atoms with Crippen molar-refractivity contribution < 1.29 is 57.2 Å². The Morgan fingerprint density at radius 2 is 0.884 bits per heavy atom. The van der Waals surface area contributed by atoms with E-state index in [0.29, 0.717) is 12.8 Å². The SMILES string of the molecule is CCCC(N)CC(N(CC)CC)S(=O)[O-].CCCC(N)CC(N(CC)CC)S(=O)[O-].FC(F)F.FC(F)F.N=S(=O)(O)O. The Morgan fingerprint density at radius 1 is 0.698 bits per heavy atom. The summed E-state index contributed by atoms with van der Waals surface area (Å²) in [4.78, 5) is 3.86. The summed E-state index contributed by atoms with van der Waals surface area (Å²) >= 11 is -4.12. The van der Waals surface area contributed by atoms with Crippen LogP contribution in [0.5, 0.6) is 0 Å². The Balaban J connectivity index is -0.000000159. The normalized spacial score (nSPS) is 15.4. The van der Waals surface area contributed by atoms with Crippen molar-refractivity contribution in [3.05, 3.63) is 0 Å². The number of nitrogens with one attached hydrogen (secondary N) is 1. The minimum absolute atomic E-state index is 0.0153. The molecule has 6 atom stereocenters. The molecular weight excluding hydrogens is 656 g/mol. The van der Waals surface area contributed by atoms with Crippen LogP contribution in [0.2, 0.25) is 0 Å². The fourth-order valence-electron chi connectivity index (χ4n) is 3.46. The van der Waals surface area contributed by atoms with Gasteiger partial charge in [-0.3, -0.25) is 27.3 Å². The van der Waals surface area contributed by atoms with E-state index in [0.717, 1.165) is 51.9 Å². The summed E-state index contributed by atoms with van der Waals surface area (Å²) < 4.78 is 131. The molecule has 0 aliphatic heterocycles. The molecule has 268 valence electrons. The molecule has 43 heavy (non-hydrogen) atoms. The topological polar surface area (TPSA) is 220 Å². The number of hydrogen-bond acceptors (Lipinski definition) is 10. The second kappa shape index (κ2) is 32.9. The fourth-order valence-corrected chi connectivity index (χ4v) is 5.35. The summed E-state index contributed by atoms with van der Waals surface area (Å²) in [6.45, 7) is 7.62. The van der Waals surface area contributed by atoms with E-state index in [2.05, 4.69) is 13.8 Å². The van der Waals surface area contributed by atoms with Gasteiger partial charge >= 0.3 is 13.4 Å². The van der Waals surface area contributed by atoms with Gasteiger partial charge in [0.2, 0.25) is 0 Å². The summed E-state index contributed by atoms with van der Waals surface area (Å²) in [6, 6.07) is -0.0306. The molecule has 0 fully saturated rings. The highest BCUT2D eigenvalue weighted by molar-refractivity contribution is 7.81. The molecule has 0 aromatic rings. The van der Waals surface area contributed by atoms with Gasteiger partial charge in [-0.15, -0.1) is 0 Å². The van der Waals surface area contributed by atoms with Crippen LogP contribution in [0.3, 0.4) is 0 Å². The maximum absolute atomic E-state index is 11.1. The predicted octanol–water partition coefficient (Wildman–Crippen LogP) is 4.44. The van der Waals surface area contributed by atoms with Crippen LogP contribution < -0.4 is 11.5 Å². The monoisotopic (exact) mass is 707 g/mol. The maximum atomic E-state index is 11.1. The van der Waals surface area contributed by atoms with E-state index in [9.17, 15) is 43.9 Å². The molecule has 0 aliphatic rings. The van der Waals surface area contributed by atoms with Crippen molar-refractivity contribution in [2.24, 2.45) is 11.5 Å². The first-order valence-electron chi connectivity index (χ1n) is 13.3. The summed E-state index contributed by atoms with van der Waals surface area (Å²) in [5.74, 6) is 0. The van der Waals surface area contributed by atoms with E-state index in [1.807, 2.05) is 37.5 Å². The fraction of sp³-hybridized carbons (Fsp3) is 1.00. The third-order valence-electron chi connectivity index (χ3n) is 5.21. The highest BCUT2D eigenvalue weighted by Gasteiger charge is 2.20. The lowest BCUT2D eigenvalue weighted by Crippen LogP contribution is -2.42. The third-order valence-corrected chi connectivity index (χ3v) is 7.08. The van der Waals surface area contributed by atoms with Gasteiger partial charge < -0.3 is 20.6 Å². The Kier molecular flexibility index (Phi) is 39.8. The lowest BCUT2D eigenvalue weighted by Gasteiger charge is -2.32. The number of nitrogens with two attached hydrogens (primary N) is 2. The van der Waals surface area contributed by atoms with Crippen LogP contribution in [0.25, 0.3) is 0 Å². The van der Waals surface area contributed by atoms with Gasteiger partial charge in [-0.2, -0.15) is 30.6 Å². The molecule has 0 radical (unpaired) electrons. The standard InChI is InChI=1S/2C10H24N2O2S.2CHF3.H3NO3S/c2*1-4-7-9(11)8-10(15(13)14)12(5-2)6-3;2*2-1(3)4;1-5(2,3)4/h2*9-10H,4-8,11H2,1-3H3,(H,13,14);2*1H;(H3,1,2,3,4)/p-2. The van der Waals surface area contributed by atoms with Gasteiger partial charge in [-0.1, -0.05) is 54.4 Å². The second-order valence-electron chi connectivity index (χ2n) is 8.43. The van der Waals surface area contributed by atoms with Gasteiger partial charge in [0.1, 0.15) is 0 Å². The molecule has 0 spiro atoms. The third kappa shape index (κ3) is 46.1. The zero-order valence-electron chi connectivity index (χ0n) is 25.5. The van der Waals surface area contributed by atoms with Gasteiger partial charge in [0.05, 0.1) is 10.7 Å². The first kappa shape index (κ1) is 52.1. The second-order valence-corrected chi connectivity index (χ2v) is 11.6. The molecule has 0 amide bonds. The molecule has 0 bridgehead atoms. The van der Waals surface area contributed by atoms with Crippen molar-refractivity contribution in [3.8, 4) is 0 Å². The zero-order valence-corrected chi connectivity index (χ0v) is 28.0. The maximum Gasteiger partial charge on any atom is 0.379 e. The van der Waals surface area contributed by atoms with Crippen molar-refractivity contribution in [1.29, 1.82) is 4.78 Å². The van der Waals surface area contributed by atoms with E-state index < -0.39 is 56.6 Å². The van der Waals surface area contributed by atoms with Gasteiger partial charge in [-0.25, -0.2) is 4.78 Å². The van der Waals surface area contributed by atoms with E-state index >= 15 is 0 Å². The lowest BCUT2D eigenvalue weighted by atomic mass is 10.1. The molecule has 0 saturated carbocycles. The quantitative estimate of drug-likeness (QED) is 0.112. The van der Waals surface area contributed by atoms with Gasteiger partial charge in [0.25, 0.3) is 10.3 Å². The van der Waals surface area contributed by atoms with Crippen molar-refractivity contribution in [1.82, 2.24) is 9.80 Å². The summed E-state index contributed by atoms with van der Waals surface area (Å²) in [5, 5.41) is -0.858. The van der Waals surface area contributed by atoms with Crippen molar-refractivity contribution in [3.63, 3.8) is 0 Å². The van der Waals surface area contributed by atoms with E-state index in [1.54, 1.807) is 0 Å². The zero-order chi connectivity index (χ0) is 35.3.